The molecule has 0 amide bonds. The molecule has 0 atom stereocenters. The van der Waals surface area contributed by atoms with E-state index in [0.717, 1.165) is 21.5 Å². The van der Waals surface area contributed by atoms with Crippen LogP contribution in [0.5, 0.6) is 0 Å². The number of carbonyl (C=O) groups excluding carboxylic acids is 1. The molecule has 1 fully saturated rings. The van der Waals surface area contributed by atoms with Crippen molar-refractivity contribution in [3.63, 3.8) is 0 Å². The fourth-order valence-electron chi connectivity index (χ4n) is 2.88. The lowest BCUT2D eigenvalue weighted by atomic mass is 9.71. The number of hydrogen-bond donors (Lipinski definition) is 1. The molecule has 18 heavy (non-hydrogen) atoms. The van der Waals surface area contributed by atoms with Crippen LogP contribution in [-0.2, 0) is 11.2 Å². The molecule has 1 aromatic rings. The van der Waals surface area contributed by atoms with Crippen molar-refractivity contribution in [2.24, 2.45) is 11.1 Å². The second-order valence-electron chi connectivity index (χ2n) is 5.36. The first kappa shape index (κ1) is 14.2. The second kappa shape index (κ2) is 6.31. The first-order valence-electron chi connectivity index (χ1n) is 6.60. The molecule has 2 nitrogen and oxygen atoms in total. The molecule has 0 spiro atoms. The number of rotatable bonds is 5. The van der Waals surface area contributed by atoms with Gasteiger partial charge in [-0.2, -0.15) is 0 Å². The summed E-state index contributed by atoms with van der Waals surface area (Å²) in [4.78, 5) is 13.3. The average molecular weight is 330 g/mol. The van der Waals surface area contributed by atoms with Crippen LogP contribution in [0.3, 0.4) is 0 Å². The lowest BCUT2D eigenvalue weighted by Crippen LogP contribution is -2.35. The second-order valence-corrected chi connectivity index (χ2v) is 7.91. The van der Waals surface area contributed by atoms with Gasteiger partial charge in [-0.05, 0) is 52.9 Å². The number of hydrogen-bond acceptors (Lipinski definition) is 3. The van der Waals surface area contributed by atoms with Gasteiger partial charge in [0.15, 0.2) is 0 Å². The van der Waals surface area contributed by atoms with Gasteiger partial charge in [0.25, 0.3) is 0 Å². The van der Waals surface area contributed by atoms with Crippen LogP contribution in [0.1, 0.15) is 43.4 Å². The third kappa shape index (κ3) is 3.65. The predicted molar refractivity (Wildman–Crippen MR) is 79.9 cm³/mol. The molecule has 0 saturated heterocycles. The molecular formula is C14H20BrNOS. The minimum atomic E-state index is 0.101. The van der Waals surface area contributed by atoms with E-state index >= 15 is 0 Å². The summed E-state index contributed by atoms with van der Waals surface area (Å²) in [7, 11) is 0. The number of Topliss-reactive ketones (excluding diaryl/α,β-unsaturated/α-hetero) is 1. The summed E-state index contributed by atoms with van der Waals surface area (Å²) < 4.78 is 1.09. The molecule has 0 unspecified atom stereocenters. The Morgan fingerprint density at radius 3 is 2.61 bits per heavy atom. The van der Waals surface area contributed by atoms with Gasteiger partial charge < -0.3 is 5.73 Å². The Balaban J connectivity index is 1.93. The maximum Gasteiger partial charge on any atom is 0.138 e. The lowest BCUT2D eigenvalue weighted by molar-refractivity contribution is -0.121. The fourth-order valence-corrected chi connectivity index (χ4v) is 4.39. The molecule has 100 valence electrons. The van der Waals surface area contributed by atoms with Crippen LogP contribution in [0.15, 0.2) is 15.9 Å². The smallest absolute Gasteiger partial charge is 0.138 e. The predicted octanol–water partition coefficient (Wildman–Crippen LogP) is 3.92. The minimum absolute atomic E-state index is 0.101. The van der Waals surface area contributed by atoms with Crippen LogP contribution in [0.2, 0.25) is 0 Å². The van der Waals surface area contributed by atoms with E-state index in [9.17, 15) is 4.79 Å². The van der Waals surface area contributed by atoms with Crippen molar-refractivity contribution in [2.75, 3.05) is 6.54 Å². The lowest BCUT2D eigenvalue weighted by Gasteiger charge is -2.35. The maximum atomic E-state index is 12.2. The molecule has 0 aliphatic heterocycles. The van der Waals surface area contributed by atoms with Crippen LogP contribution in [-0.4, -0.2) is 12.3 Å². The molecule has 2 N–H and O–H groups in total. The van der Waals surface area contributed by atoms with Crippen LogP contribution in [0.4, 0.5) is 0 Å². The van der Waals surface area contributed by atoms with Crippen molar-refractivity contribution < 1.29 is 4.79 Å². The Labute approximate surface area is 121 Å². The van der Waals surface area contributed by atoms with Crippen molar-refractivity contribution in [1.82, 2.24) is 0 Å². The van der Waals surface area contributed by atoms with E-state index < -0.39 is 0 Å². The molecule has 1 saturated carbocycles. The highest BCUT2D eigenvalue weighted by molar-refractivity contribution is 9.11. The standard InChI is InChI=1S/C14H20BrNOS/c15-13-5-4-12(18-13)8-11(17)9-14(10-16)6-2-1-3-7-14/h4-5H,1-3,6-10,16H2. The van der Waals surface area contributed by atoms with Crippen molar-refractivity contribution >= 4 is 33.0 Å². The Kier molecular flexibility index (Phi) is 4.98. The summed E-state index contributed by atoms with van der Waals surface area (Å²) in [6, 6.07) is 4.04. The first-order chi connectivity index (χ1) is 8.63. The van der Waals surface area contributed by atoms with E-state index in [1.165, 1.54) is 19.3 Å². The van der Waals surface area contributed by atoms with Gasteiger partial charge in [0, 0.05) is 17.7 Å². The Morgan fingerprint density at radius 1 is 1.33 bits per heavy atom. The summed E-state index contributed by atoms with van der Waals surface area (Å²) in [5.74, 6) is 0.344. The molecule has 0 aromatic carbocycles. The number of halogens is 1. The zero-order chi connectivity index (χ0) is 13.0. The number of carbonyl (C=O) groups is 1. The number of ketones is 1. The topological polar surface area (TPSA) is 43.1 Å². The van der Waals surface area contributed by atoms with Crippen LogP contribution >= 0.6 is 27.3 Å². The largest absolute Gasteiger partial charge is 0.330 e. The third-order valence-electron chi connectivity index (χ3n) is 3.92. The Bertz CT molecular complexity index is 410. The van der Waals surface area contributed by atoms with Gasteiger partial charge in [-0.15, -0.1) is 11.3 Å². The SMILES string of the molecule is NCC1(CC(=O)Cc2ccc(Br)s2)CCCCC1. The number of thiophene rings is 1. The van der Waals surface area contributed by atoms with Gasteiger partial charge in [0.05, 0.1) is 3.79 Å². The summed E-state index contributed by atoms with van der Waals surface area (Å²) >= 11 is 5.08. The van der Waals surface area contributed by atoms with Crippen LogP contribution in [0.25, 0.3) is 0 Å². The van der Waals surface area contributed by atoms with Crippen molar-refractivity contribution in [2.45, 2.75) is 44.9 Å². The monoisotopic (exact) mass is 329 g/mol. The first-order valence-corrected chi connectivity index (χ1v) is 8.20. The van der Waals surface area contributed by atoms with Crippen molar-refractivity contribution in [1.29, 1.82) is 0 Å². The van der Waals surface area contributed by atoms with Gasteiger partial charge in [-0.25, -0.2) is 0 Å². The zero-order valence-corrected chi connectivity index (χ0v) is 13.0. The van der Waals surface area contributed by atoms with Crippen LogP contribution in [0, 0.1) is 5.41 Å². The molecule has 1 aliphatic carbocycles. The highest BCUT2D eigenvalue weighted by Gasteiger charge is 2.32. The molecule has 4 heteroatoms. The quantitative estimate of drug-likeness (QED) is 0.889. The van der Waals surface area contributed by atoms with E-state index in [0.29, 0.717) is 25.2 Å². The van der Waals surface area contributed by atoms with Gasteiger partial charge >= 0.3 is 0 Å². The van der Waals surface area contributed by atoms with Gasteiger partial charge in [0.1, 0.15) is 5.78 Å². The van der Waals surface area contributed by atoms with E-state index in [2.05, 4.69) is 15.9 Å². The summed E-state index contributed by atoms with van der Waals surface area (Å²) in [5.41, 5.74) is 6.03. The fraction of sp³-hybridized carbons (Fsp3) is 0.643. The zero-order valence-electron chi connectivity index (χ0n) is 10.6. The van der Waals surface area contributed by atoms with Crippen molar-refractivity contribution in [3.8, 4) is 0 Å². The molecular weight excluding hydrogens is 310 g/mol. The average Bonchev–Trinajstić information content (AvgIpc) is 2.75. The van der Waals surface area contributed by atoms with Gasteiger partial charge in [-0.3, -0.25) is 4.79 Å². The molecule has 0 radical (unpaired) electrons. The van der Waals surface area contributed by atoms with Crippen LogP contribution < -0.4 is 5.73 Å². The molecule has 1 aliphatic rings. The molecule has 2 rings (SSSR count). The Morgan fingerprint density at radius 2 is 2.06 bits per heavy atom. The summed E-state index contributed by atoms with van der Waals surface area (Å²) in [6.45, 7) is 0.660. The van der Waals surface area contributed by atoms with Crippen molar-refractivity contribution in [3.05, 3.63) is 20.8 Å². The molecule has 1 heterocycles. The third-order valence-corrected chi connectivity index (χ3v) is 5.54. The summed E-state index contributed by atoms with van der Waals surface area (Å²) in [6.07, 6.45) is 7.25. The van der Waals surface area contributed by atoms with E-state index in [-0.39, 0.29) is 5.41 Å². The van der Waals surface area contributed by atoms with Gasteiger partial charge in [-0.1, -0.05) is 19.3 Å². The van der Waals surface area contributed by atoms with E-state index in [1.807, 2.05) is 12.1 Å². The van der Waals surface area contributed by atoms with E-state index in [4.69, 9.17) is 5.73 Å². The highest BCUT2D eigenvalue weighted by Crippen LogP contribution is 2.39. The normalized spacial score (nSPS) is 18.8. The Hall–Kier alpha value is -0.190. The summed E-state index contributed by atoms with van der Waals surface area (Å²) in [5, 5.41) is 0. The van der Waals surface area contributed by atoms with Gasteiger partial charge in [0.2, 0.25) is 0 Å². The number of nitrogens with two attached hydrogens (primary N) is 1. The van der Waals surface area contributed by atoms with E-state index in [1.54, 1.807) is 11.3 Å². The maximum absolute atomic E-state index is 12.2. The molecule has 1 aromatic heterocycles. The minimum Gasteiger partial charge on any atom is -0.330 e. The highest BCUT2D eigenvalue weighted by atomic mass is 79.9. The molecule has 0 bridgehead atoms.